The van der Waals surface area contributed by atoms with E-state index in [1.165, 1.54) is 32.8 Å². The van der Waals surface area contributed by atoms with Gasteiger partial charge in [-0.15, -0.1) is 0 Å². The fourth-order valence-electron chi connectivity index (χ4n) is 4.37. The molecule has 0 aromatic heterocycles. The van der Waals surface area contributed by atoms with Gasteiger partial charge in [-0.05, 0) is 31.9 Å². The van der Waals surface area contributed by atoms with E-state index in [1.54, 1.807) is 12.1 Å². The van der Waals surface area contributed by atoms with Crippen molar-refractivity contribution >= 4 is 23.2 Å². The Morgan fingerprint density at radius 1 is 1.29 bits per heavy atom. The number of carbonyl (C=O) groups excluding carboxylic acids is 1. The normalized spacial score (nSPS) is 24.8. The van der Waals surface area contributed by atoms with Crippen molar-refractivity contribution in [1.82, 2.24) is 10.2 Å². The van der Waals surface area contributed by atoms with E-state index in [2.05, 4.69) is 17.1 Å². The molecular formula is C21H32ClN3O3. The van der Waals surface area contributed by atoms with Crippen molar-refractivity contribution < 1.29 is 14.3 Å². The molecule has 2 saturated heterocycles. The number of hydrogen-bond donors (Lipinski definition) is 2. The molecule has 2 atom stereocenters. The summed E-state index contributed by atoms with van der Waals surface area (Å²) in [6.07, 6.45) is 6.87. The van der Waals surface area contributed by atoms with Crippen LogP contribution in [0, 0.1) is 0 Å². The monoisotopic (exact) mass is 409 g/mol. The van der Waals surface area contributed by atoms with Crippen LogP contribution in [0.3, 0.4) is 0 Å². The number of nitrogens with two attached hydrogens (primary N) is 1. The van der Waals surface area contributed by atoms with Gasteiger partial charge in [-0.3, -0.25) is 9.69 Å². The molecule has 3 N–H and O–H groups in total. The first-order chi connectivity index (χ1) is 13.5. The van der Waals surface area contributed by atoms with Crippen LogP contribution in [0.4, 0.5) is 5.69 Å². The molecule has 2 bridgehead atoms. The topological polar surface area (TPSA) is 76.8 Å². The summed E-state index contributed by atoms with van der Waals surface area (Å²) in [6, 6.07) is 4.04. The molecule has 3 rings (SSSR count). The third-order valence-electron chi connectivity index (χ3n) is 5.84. The maximum atomic E-state index is 12.9. The average Bonchev–Trinajstić information content (AvgIpc) is 2.67. The SMILES string of the molecule is CCCCCCN1C2COCC1CC(NC(=O)c1cc(Cl)c(N)cc1OC)C2. The molecule has 28 heavy (non-hydrogen) atoms. The Kier molecular flexibility index (Phi) is 7.43. The third kappa shape index (κ3) is 4.91. The standard InChI is InChI=1S/C21H32ClN3O3/c1-3-4-5-6-7-25-15-8-14(9-16(25)13-28-12-15)24-21(26)17-10-18(22)19(23)11-20(17)27-2/h10-11,14-16H,3-9,12-13,23H2,1-2H3,(H,24,26). The maximum absolute atomic E-state index is 12.9. The molecule has 2 unspecified atom stereocenters. The summed E-state index contributed by atoms with van der Waals surface area (Å²) in [5.41, 5.74) is 6.64. The van der Waals surface area contributed by atoms with Crippen LogP contribution in [-0.2, 0) is 4.74 Å². The van der Waals surface area contributed by atoms with E-state index in [-0.39, 0.29) is 11.9 Å². The lowest BCUT2D eigenvalue weighted by Crippen LogP contribution is -2.60. The second-order valence-electron chi connectivity index (χ2n) is 7.86. The number of anilines is 1. The first-order valence-electron chi connectivity index (χ1n) is 10.3. The van der Waals surface area contributed by atoms with E-state index >= 15 is 0 Å². The van der Waals surface area contributed by atoms with Crippen molar-refractivity contribution in [2.75, 3.05) is 32.6 Å². The number of piperidine rings is 1. The number of unbranched alkanes of at least 4 members (excludes halogenated alkanes) is 3. The van der Waals surface area contributed by atoms with Crippen LogP contribution in [0.15, 0.2) is 12.1 Å². The van der Waals surface area contributed by atoms with Gasteiger partial charge in [-0.2, -0.15) is 0 Å². The number of benzene rings is 1. The summed E-state index contributed by atoms with van der Waals surface area (Å²) in [4.78, 5) is 15.5. The van der Waals surface area contributed by atoms with Gasteiger partial charge in [0.15, 0.2) is 0 Å². The summed E-state index contributed by atoms with van der Waals surface area (Å²) in [5, 5.41) is 3.54. The number of nitrogens with one attached hydrogen (secondary N) is 1. The van der Waals surface area contributed by atoms with Gasteiger partial charge in [0.25, 0.3) is 5.91 Å². The third-order valence-corrected chi connectivity index (χ3v) is 6.17. The summed E-state index contributed by atoms with van der Waals surface area (Å²) in [7, 11) is 1.53. The predicted molar refractivity (Wildman–Crippen MR) is 112 cm³/mol. The number of methoxy groups -OCH3 is 1. The molecule has 1 aromatic rings. The average molecular weight is 410 g/mol. The Labute approximate surface area is 172 Å². The zero-order valence-electron chi connectivity index (χ0n) is 16.9. The van der Waals surface area contributed by atoms with E-state index in [0.717, 1.165) is 32.6 Å². The largest absolute Gasteiger partial charge is 0.496 e. The van der Waals surface area contributed by atoms with Crippen LogP contribution in [0.1, 0.15) is 55.8 Å². The summed E-state index contributed by atoms with van der Waals surface area (Å²) in [6.45, 7) is 4.85. The second-order valence-corrected chi connectivity index (χ2v) is 8.27. The highest BCUT2D eigenvalue weighted by molar-refractivity contribution is 6.33. The van der Waals surface area contributed by atoms with Gasteiger partial charge >= 0.3 is 0 Å². The number of halogens is 1. The van der Waals surface area contributed by atoms with Gasteiger partial charge in [0, 0.05) is 24.2 Å². The number of hydrogen-bond acceptors (Lipinski definition) is 5. The minimum absolute atomic E-state index is 0.124. The molecule has 0 aliphatic carbocycles. The molecular weight excluding hydrogens is 378 g/mol. The minimum Gasteiger partial charge on any atom is -0.496 e. The Morgan fingerprint density at radius 3 is 2.64 bits per heavy atom. The zero-order chi connectivity index (χ0) is 20.1. The first-order valence-corrected chi connectivity index (χ1v) is 10.7. The van der Waals surface area contributed by atoms with E-state index in [0.29, 0.717) is 34.1 Å². The van der Waals surface area contributed by atoms with Crippen LogP contribution in [-0.4, -0.2) is 55.8 Å². The van der Waals surface area contributed by atoms with Gasteiger partial charge in [-0.1, -0.05) is 37.8 Å². The van der Waals surface area contributed by atoms with Crippen molar-refractivity contribution in [2.24, 2.45) is 0 Å². The Balaban J connectivity index is 1.62. The number of rotatable bonds is 8. The van der Waals surface area contributed by atoms with Gasteiger partial charge in [-0.25, -0.2) is 0 Å². The molecule has 6 nitrogen and oxygen atoms in total. The molecule has 0 radical (unpaired) electrons. The molecule has 0 saturated carbocycles. The number of fused-ring (bicyclic) bond motifs is 2. The zero-order valence-corrected chi connectivity index (χ0v) is 17.6. The summed E-state index contributed by atoms with van der Waals surface area (Å²) in [5.74, 6) is 0.274. The highest BCUT2D eigenvalue weighted by atomic mass is 35.5. The number of nitrogens with zero attached hydrogens (tertiary/aromatic N) is 1. The van der Waals surface area contributed by atoms with E-state index in [1.807, 2.05) is 0 Å². The Bertz CT molecular complexity index is 671. The lowest BCUT2D eigenvalue weighted by molar-refractivity contribution is -0.0803. The minimum atomic E-state index is -0.167. The quantitative estimate of drug-likeness (QED) is 0.507. The Hall–Kier alpha value is -1.50. The van der Waals surface area contributed by atoms with E-state index < -0.39 is 0 Å². The van der Waals surface area contributed by atoms with Crippen LogP contribution >= 0.6 is 11.6 Å². The number of ether oxygens (including phenoxy) is 2. The smallest absolute Gasteiger partial charge is 0.255 e. The predicted octanol–water partition coefficient (Wildman–Crippen LogP) is 3.47. The molecule has 1 amide bonds. The van der Waals surface area contributed by atoms with Gasteiger partial charge < -0.3 is 20.5 Å². The summed E-state index contributed by atoms with van der Waals surface area (Å²) < 4.78 is 11.1. The first kappa shape index (κ1) is 21.2. The second kappa shape index (κ2) is 9.81. The van der Waals surface area contributed by atoms with E-state index in [9.17, 15) is 4.79 Å². The highest BCUT2D eigenvalue weighted by Crippen LogP contribution is 2.31. The maximum Gasteiger partial charge on any atom is 0.255 e. The van der Waals surface area contributed by atoms with Crippen molar-refractivity contribution in [1.29, 1.82) is 0 Å². The molecule has 2 heterocycles. The molecule has 7 heteroatoms. The molecule has 156 valence electrons. The van der Waals surface area contributed by atoms with Gasteiger partial charge in [0.1, 0.15) is 5.75 Å². The van der Waals surface area contributed by atoms with Crippen LogP contribution in [0.25, 0.3) is 0 Å². The lowest BCUT2D eigenvalue weighted by atomic mass is 9.89. The highest BCUT2D eigenvalue weighted by Gasteiger charge is 2.39. The molecule has 1 aromatic carbocycles. The van der Waals surface area contributed by atoms with Crippen LogP contribution < -0.4 is 15.8 Å². The number of amides is 1. The van der Waals surface area contributed by atoms with Crippen LogP contribution in [0.2, 0.25) is 5.02 Å². The van der Waals surface area contributed by atoms with Crippen molar-refractivity contribution in [2.45, 2.75) is 63.6 Å². The number of morpholine rings is 1. The lowest BCUT2D eigenvalue weighted by Gasteiger charge is -2.48. The van der Waals surface area contributed by atoms with E-state index in [4.69, 9.17) is 26.8 Å². The molecule has 0 spiro atoms. The van der Waals surface area contributed by atoms with Crippen molar-refractivity contribution in [3.05, 3.63) is 22.7 Å². The number of nitrogen functional groups attached to an aromatic ring is 1. The fourth-order valence-corrected chi connectivity index (χ4v) is 4.54. The fraction of sp³-hybridized carbons (Fsp3) is 0.667. The van der Waals surface area contributed by atoms with Crippen molar-refractivity contribution in [3.63, 3.8) is 0 Å². The molecule has 2 aliphatic rings. The van der Waals surface area contributed by atoms with Crippen LogP contribution in [0.5, 0.6) is 5.75 Å². The summed E-state index contributed by atoms with van der Waals surface area (Å²) >= 11 is 6.11. The molecule has 2 aliphatic heterocycles. The number of carbonyl (C=O) groups is 1. The molecule has 2 fully saturated rings. The van der Waals surface area contributed by atoms with Crippen molar-refractivity contribution in [3.8, 4) is 5.75 Å². The van der Waals surface area contributed by atoms with Gasteiger partial charge in [0.2, 0.25) is 0 Å². The Morgan fingerprint density at radius 2 is 2.00 bits per heavy atom. The van der Waals surface area contributed by atoms with Gasteiger partial charge in [0.05, 0.1) is 36.6 Å².